The highest BCUT2D eigenvalue weighted by Gasteiger charge is 2.05. The molecule has 0 fully saturated rings. The van der Waals surface area contributed by atoms with Crippen molar-refractivity contribution in [3.05, 3.63) is 24.3 Å². The predicted octanol–water partition coefficient (Wildman–Crippen LogP) is 2.45. The summed E-state index contributed by atoms with van der Waals surface area (Å²) in [6, 6.07) is 6.53. The van der Waals surface area contributed by atoms with Crippen LogP contribution in [0.2, 0.25) is 0 Å². The second-order valence-electron chi connectivity index (χ2n) is 4.22. The molecular formula is C14H18N2O5. The largest absolute Gasteiger partial charge is 0.481 e. The van der Waals surface area contributed by atoms with Crippen molar-refractivity contribution in [2.24, 2.45) is 0 Å². The van der Waals surface area contributed by atoms with Crippen LogP contribution in [0.3, 0.4) is 0 Å². The fraction of sp³-hybridized carbons (Fsp3) is 0.357. The minimum absolute atomic E-state index is 0.0319. The van der Waals surface area contributed by atoms with Gasteiger partial charge in [0.25, 0.3) is 0 Å². The Morgan fingerprint density at radius 3 is 2.14 bits per heavy atom. The first-order valence-corrected chi connectivity index (χ1v) is 6.56. The van der Waals surface area contributed by atoms with Gasteiger partial charge in [0, 0.05) is 24.2 Å². The molecule has 0 saturated heterocycles. The first-order valence-electron chi connectivity index (χ1n) is 6.56. The molecule has 0 atom stereocenters. The van der Waals surface area contributed by atoms with Crippen molar-refractivity contribution in [2.75, 3.05) is 17.2 Å². The Morgan fingerprint density at radius 2 is 1.62 bits per heavy atom. The third kappa shape index (κ3) is 6.95. The van der Waals surface area contributed by atoms with E-state index in [2.05, 4.69) is 10.6 Å². The first kappa shape index (κ1) is 16.5. The number of nitrogens with one attached hydrogen (secondary N) is 2. The van der Waals surface area contributed by atoms with Crippen LogP contribution in [-0.2, 0) is 14.3 Å². The molecule has 0 heterocycles. The number of carboxylic acids is 1. The van der Waals surface area contributed by atoms with Crippen LogP contribution in [0.15, 0.2) is 24.3 Å². The van der Waals surface area contributed by atoms with Crippen LogP contribution in [0.5, 0.6) is 0 Å². The standard InChI is InChI=1S/C14H18N2O5/c1-2-21-14(20)16-11-8-6-10(7-9-11)15-12(17)4-3-5-13(18)19/h6-9H,2-5H2,1H3,(H,15,17)(H,16,20)(H,18,19). The molecule has 3 N–H and O–H groups in total. The summed E-state index contributed by atoms with van der Waals surface area (Å²) in [7, 11) is 0. The first-order chi connectivity index (χ1) is 10.0. The van der Waals surface area contributed by atoms with Gasteiger partial charge < -0.3 is 15.2 Å². The van der Waals surface area contributed by atoms with Gasteiger partial charge in [-0.1, -0.05) is 0 Å². The van der Waals surface area contributed by atoms with Gasteiger partial charge in [0.2, 0.25) is 5.91 Å². The van der Waals surface area contributed by atoms with Gasteiger partial charge in [-0.15, -0.1) is 0 Å². The highest BCUT2D eigenvalue weighted by Crippen LogP contribution is 2.14. The maximum Gasteiger partial charge on any atom is 0.411 e. The summed E-state index contributed by atoms with van der Waals surface area (Å²) >= 11 is 0. The zero-order valence-electron chi connectivity index (χ0n) is 11.7. The molecule has 0 spiro atoms. The number of carboxylic acid groups (broad SMARTS) is 1. The molecule has 7 heteroatoms. The van der Waals surface area contributed by atoms with Gasteiger partial charge in [0.15, 0.2) is 0 Å². The minimum atomic E-state index is -0.919. The summed E-state index contributed by atoms with van der Waals surface area (Å²) in [5.74, 6) is -1.17. The molecule has 7 nitrogen and oxygen atoms in total. The molecule has 0 bridgehead atoms. The Morgan fingerprint density at radius 1 is 1.05 bits per heavy atom. The zero-order chi connectivity index (χ0) is 15.7. The van der Waals surface area contributed by atoms with Crippen LogP contribution in [-0.4, -0.2) is 29.7 Å². The lowest BCUT2D eigenvalue weighted by Crippen LogP contribution is -2.14. The molecule has 0 unspecified atom stereocenters. The van der Waals surface area contributed by atoms with E-state index in [0.29, 0.717) is 17.8 Å². The number of anilines is 2. The van der Waals surface area contributed by atoms with Crippen LogP contribution in [0.1, 0.15) is 26.2 Å². The second-order valence-corrected chi connectivity index (χ2v) is 4.22. The van der Waals surface area contributed by atoms with Crippen molar-refractivity contribution in [1.82, 2.24) is 0 Å². The van der Waals surface area contributed by atoms with E-state index in [-0.39, 0.29) is 25.4 Å². The van der Waals surface area contributed by atoms with Crippen molar-refractivity contribution in [1.29, 1.82) is 0 Å². The maximum absolute atomic E-state index is 11.5. The molecule has 0 aliphatic carbocycles. The molecule has 2 amide bonds. The van der Waals surface area contributed by atoms with E-state index in [4.69, 9.17) is 9.84 Å². The summed E-state index contributed by atoms with van der Waals surface area (Å²) in [4.78, 5) is 33.1. The summed E-state index contributed by atoms with van der Waals surface area (Å²) < 4.78 is 4.74. The lowest BCUT2D eigenvalue weighted by molar-refractivity contribution is -0.137. The summed E-state index contributed by atoms with van der Waals surface area (Å²) in [5, 5.41) is 13.7. The number of amides is 2. The van der Waals surface area contributed by atoms with Crippen LogP contribution in [0, 0.1) is 0 Å². The van der Waals surface area contributed by atoms with Gasteiger partial charge in [0.1, 0.15) is 0 Å². The lowest BCUT2D eigenvalue weighted by atomic mass is 10.2. The van der Waals surface area contributed by atoms with E-state index in [1.54, 1.807) is 31.2 Å². The Balaban J connectivity index is 2.41. The van der Waals surface area contributed by atoms with Crippen LogP contribution in [0.25, 0.3) is 0 Å². The second kappa shape index (κ2) is 8.57. The number of ether oxygens (including phenoxy) is 1. The SMILES string of the molecule is CCOC(=O)Nc1ccc(NC(=O)CCCC(=O)O)cc1. The Bertz CT molecular complexity index is 499. The molecule has 0 aliphatic rings. The molecule has 1 aromatic carbocycles. The molecular weight excluding hydrogens is 276 g/mol. The number of benzene rings is 1. The maximum atomic E-state index is 11.5. The third-order valence-electron chi connectivity index (χ3n) is 2.48. The Labute approximate surface area is 122 Å². The summed E-state index contributed by atoms with van der Waals surface area (Å²) in [5.41, 5.74) is 1.13. The molecule has 1 rings (SSSR count). The average molecular weight is 294 g/mol. The van der Waals surface area contributed by atoms with Gasteiger partial charge in [-0.05, 0) is 37.6 Å². The molecule has 0 radical (unpaired) electrons. The lowest BCUT2D eigenvalue weighted by Gasteiger charge is -2.07. The van der Waals surface area contributed by atoms with Crippen molar-refractivity contribution in [3.8, 4) is 0 Å². The van der Waals surface area contributed by atoms with Crippen molar-refractivity contribution in [2.45, 2.75) is 26.2 Å². The van der Waals surface area contributed by atoms with Crippen LogP contribution < -0.4 is 10.6 Å². The van der Waals surface area contributed by atoms with E-state index in [0.717, 1.165) is 0 Å². The summed E-state index contributed by atoms with van der Waals surface area (Å²) in [6.45, 7) is 2.00. The summed E-state index contributed by atoms with van der Waals surface area (Å²) in [6.07, 6.45) is -0.128. The van der Waals surface area contributed by atoms with Crippen LogP contribution in [0.4, 0.5) is 16.2 Å². The molecule has 0 aliphatic heterocycles. The smallest absolute Gasteiger partial charge is 0.411 e. The van der Waals surface area contributed by atoms with E-state index >= 15 is 0 Å². The number of carbonyl (C=O) groups is 3. The normalized spacial score (nSPS) is 9.76. The monoisotopic (exact) mass is 294 g/mol. The third-order valence-corrected chi connectivity index (χ3v) is 2.48. The van der Waals surface area contributed by atoms with E-state index < -0.39 is 12.1 Å². The van der Waals surface area contributed by atoms with Gasteiger partial charge >= 0.3 is 12.1 Å². The van der Waals surface area contributed by atoms with Crippen LogP contribution >= 0.6 is 0 Å². The van der Waals surface area contributed by atoms with E-state index in [1.807, 2.05) is 0 Å². The van der Waals surface area contributed by atoms with Crippen molar-refractivity contribution < 1.29 is 24.2 Å². The fourth-order valence-corrected chi connectivity index (χ4v) is 1.55. The zero-order valence-corrected chi connectivity index (χ0v) is 11.7. The molecule has 0 aromatic heterocycles. The molecule has 0 saturated carbocycles. The predicted molar refractivity (Wildman–Crippen MR) is 77.2 cm³/mol. The number of hydrogen-bond donors (Lipinski definition) is 3. The van der Waals surface area contributed by atoms with Gasteiger partial charge in [-0.25, -0.2) is 4.79 Å². The average Bonchev–Trinajstić information content (AvgIpc) is 2.41. The number of hydrogen-bond acceptors (Lipinski definition) is 4. The van der Waals surface area contributed by atoms with Gasteiger partial charge in [-0.3, -0.25) is 14.9 Å². The molecule has 114 valence electrons. The highest BCUT2D eigenvalue weighted by atomic mass is 16.5. The number of aliphatic carboxylic acids is 1. The van der Waals surface area contributed by atoms with Crippen molar-refractivity contribution in [3.63, 3.8) is 0 Å². The fourth-order valence-electron chi connectivity index (χ4n) is 1.55. The van der Waals surface area contributed by atoms with E-state index in [1.165, 1.54) is 0 Å². The van der Waals surface area contributed by atoms with Gasteiger partial charge in [-0.2, -0.15) is 0 Å². The topological polar surface area (TPSA) is 105 Å². The minimum Gasteiger partial charge on any atom is -0.481 e. The van der Waals surface area contributed by atoms with Crippen molar-refractivity contribution >= 4 is 29.3 Å². The number of rotatable bonds is 7. The highest BCUT2D eigenvalue weighted by molar-refractivity contribution is 5.91. The Kier molecular flexibility index (Phi) is 6.73. The number of carbonyl (C=O) groups excluding carboxylic acids is 2. The Hall–Kier alpha value is -2.57. The van der Waals surface area contributed by atoms with E-state index in [9.17, 15) is 14.4 Å². The molecule has 21 heavy (non-hydrogen) atoms. The quantitative estimate of drug-likeness (QED) is 0.716. The van der Waals surface area contributed by atoms with Gasteiger partial charge in [0.05, 0.1) is 6.61 Å². The molecule has 1 aromatic rings.